The highest BCUT2D eigenvalue weighted by atomic mass is 16.5. The van der Waals surface area contributed by atoms with Crippen LogP contribution in [0.1, 0.15) is 19.8 Å². The zero-order valence-corrected chi connectivity index (χ0v) is 16.1. The summed E-state index contributed by atoms with van der Waals surface area (Å²) in [6.45, 7) is 5.14. The Bertz CT molecular complexity index is 679. The molecule has 0 unspecified atom stereocenters. The first-order valence-corrected chi connectivity index (χ1v) is 9.44. The van der Waals surface area contributed by atoms with Gasteiger partial charge in [0.15, 0.2) is 0 Å². The molecule has 4 nitrogen and oxygen atoms in total. The van der Waals surface area contributed by atoms with Crippen molar-refractivity contribution in [1.82, 2.24) is 5.32 Å². The summed E-state index contributed by atoms with van der Waals surface area (Å²) in [5.41, 5.74) is 3.71. The van der Waals surface area contributed by atoms with E-state index in [1.54, 1.807) is 14.2 Å². The Morgan fingerprint density at radius 3 is 2.42 bits per heavy atom. The van der Waals surface area contributed by atoms with Crippen LogP contribution in [0.3, 0.4) is 0 Å². The lowest BCUT2D eigenvalue weighted by molar-refractivity contribution is 0.163. The van der Waals surface area contributed by atoms with E-state index in [9.17, 15) is 0 Å². The van der Waals surface area contributed by atoms with Crippen LogP contribution in [-0.2, 0) is 4.74 Å². The molecule has 140 valence electrons. The number of benzene rings is 2. The Balaban J connectivity index is 1.58. The summed E-state index contributed by atoms with van der Waals surface area (Å²) in [6, 6.07) is 18.1. The number of rotatable bonds is 7. The van der Waals surface area contributed by atoms with Gasteiger partial charge in [-0.3, -0.25) is 0 Å². The molecule has 1 atom stereocenters. The highest BCUT2D eigenvalue weighted by Crippen LogP contribution is 2.27. The largest absolute Gasteiger partial charge is 0.497 e. The van der Waals surface area contributed by atoms with Gasteiger partial charge in [-0.15, -0.1) is 0 Å². The molecule has 1 N–H and O–H groups in total. The smallest absolute Gasteiger partial charge is 0.119 e. The number of ether oxygens (including phenoxy) is 2. The van der Waals surface area contributed by atoms with Gasteiger partial charge in [-0.25, -0.2) is 0 Å². The molecule has 0 aliphatic carbocycles. The van der Waals surface area contributed by atoms with Gasteiger partial charge >= 0.3 is 0 Å². The third kappa shape index (κ3) is 4.77. The van der Waals surface area contributed by atoms with E-state index in [0.29, 0.717) is 12.1 Å². The SMILES string of the molecule is COC[C@@H](C)NC1CCN(c2ccc(-c3cccc(OC)c3)cc2)CC1. The lowest BCUT2D eigenvalue weighted by Crippen LogP contribution is -2.46. The van der Waals surface area contributed by atoms with Crippen LogP contribution in [-0.4, -0.2) is 46.0 Å². The van der Waals surface area contributed by atoms with Gasteiger partial charge in [-0.2, -0.15) is 0 Å². The fourth-order valence-corrected chi connectivity index (χ4v) is 3.67. The summed E-state index contributed by atoms with van der Waals surface area (Å²) in [5, 5.41) is 3.67. The second kappa shape index (κ2) is 9.06. The molecule has 0 spiro atoms. The average Bonchev–Trinajstić information content (AvgIpc) is 2.69. The summed E-state index contributed by atoms with van der Waals surface area (Å²) in [7, 11) is 3.46. The average molecular weight is 354 g/mol. The molecule has 1 heterocycles. The molecular weight excluding hydrogens is 324 g/mol. The van der Waals surface area contributed by atoms with Gasteiger partial charge in [0.1, 0.15) is 5.75 Å². The Kier molecular flexibility index (Phi) is 6.53. The first-order valence-electron chi connectivity index (χ1n) is 9.44. The predicted octanol–water partition coefficient (Wildman–Crippen LogP) is 3.96. The zero-order chi connectivity index (χ0) is 18.4. The first-order chi connectivity index (χ1) is 12.7. The third-order valence-electron chi connectivity index (χ3n) is 5.07. The molecular formula is C22H30N2O2. The van der Waals surface area contributed by atoms with Crippen LogP contribution in [0.15, 0.2) is 48.5 Å². The molecule has 0 bridgehead atoms. The molecule has 0 amide bonds. The van der Waals surface area contributed by atoms with Gasteiger partial charge in [0.2, 0.25) is 0 Å². The molecule has 1 fully saturated rings. The zero-order valence-electron chi connectivity index (χ0n) is 16.1. The van der Waals surface area contributed by atoms with E-state index < -0.39 is 0 Å². The number of hydrogen-bond acceptors (Lipinski definition) is 4. The molecule has 4 heteroatoms. The Hall–Kier alpha value is -2.04. The maximum atomic E-state index is 5.33. The molecule has 0 radical (unpaired) electrons. The van der Waals surface area contributed by atoms with Gasteiger partial charge in [-0.1, -0.05) is 24.3 Å². The number of anilines is 1. The minimum absolute atomic E-state index is 0.415. The number of hydrogen-bond donors (Lipinski definition) is 1. The lowest BCUT2D eigenvalue weighted by atomic mass is 10.0. The summed E-state index contributed by atoms with van der Waals surface area (Å²) >= 11 is 0. The topological polar surface area (TPSA) is 33.7 Å². The quantitative estimate of drug-likeness (QED) is 0.816. The van der Waals surface area contributed by atoms with E-state index in [2.05, 4.69) is 53.5 Å². The van der Waals surface area contributed by atoms with E-state index in [4.69, 9.17) is 9.47 Å². The normalized spacial score (nSPS) is 16.5. The summed E-state index contributed by atoms with van der Waals surface area (Å²) in [6.07, 6.45) is 2.34. The van der Waals surface area contributed by atoms with Crippen LogP contribution in [0.5, 0.6) is 5.75 Å². The molecule has 2 aromatic carbocycles. The monoisotopic (exact) mass is 354 g/mol. The van der Waals surface area contributed by atoms with Crippen molar-refractivity contribution in [2.75, 3.05) is 38.8 Å². The highest BCUT2D eigenvalue weighted by molar-refractivity contribution is 5.67. The van der Waals surface area contributed by atoms with Crippen molar-refractivity contribution < 1.29 is 9.47 Å². The molecule has 1 saturated heterocycles. The standard InChI is InChI=1S/C22H30N2O2/c1-17(16-25-2)23-20-11-13-24(14-12-20)21-9-7-18(8-10-21)19-5-4-6-22(15-19)26-3/h4-10,15,17,20,23H,11-14,16H2,1-3H3/t17-/m1/s1. The van der Waals surface area contributed by atoms with E-state index in [-0.39, 0.29) is 0 Å². The molecule has 1 aliphatic rings. The minimum atomic E-state index is 0.415. The summed E-state index contributed by atoms with van der Waals surface area (Å²) in [5.74, 6) is 0.892. The van der Waals surface area contributed by atoms with Crippen LogP contribution in [0.2, 0.25) is 0 Å². The summed E-state index contributed by atoms with van der Waals surface area (Å²) in [4.78, 5) is 2.48. The molecule has 1 aliphatic heterocycles. The van der Waals surface area contributed by atoms with Gasteiger partial charge in [0.05, 0.1) is 13.7 Å². The first kappa shape index (κ1) is 18.7. The van der Waals surface area contributed by atoms with Crippen molar-refractivity contribution in [1.29, 1.82) is 0 Å². The van der Waals surface area contributed by atoms with Gasteiger partial charge in [0.25, 0.3) is 0 Å². The van der Waals surface area contributed by atoms with E-state index in [1.807, 2.05) is 12.1 Å². The minimum Gasteiger partial charge on any atom is -0.497 e. The Morgan fingerprint density at radius 1 is 1.04 bits per heavy atom. The fraction of sp³-hybridized carbons (Fsp3) is 0.455. The predicted molar refractivity (Wildman–Crippen MR) is 108 cm³/mol. The maximum absolute atomic E-state index is 5.33. The number of methoxy groups -OCH3 is 2. The van der Waals surface area contributed by atoms with E-state index >= 15 is 0 Å². The van der Waals surface area contributed by atoms with E-state index in [1.165, 1.54) is 29.7 Å². The number of nitrogens with one attached hydrogen (secondary N) is 1. The van der Waals surface area contributed by atoms with Gasteiger partial charge in [-0.05, 0) is 55.2 Å². The van der Waals surface area contributed by atoms with Crippen molar-refractivity contribution in [2.45, 2.75) is 31.8 Å². The number of nitrogens with zero attached hydrogens (tertiary/aromatic N) is 1. The Labute approximate surface area is 157 Å². The molecule has 0 saturated carbocycles. The van der Waals surface area contributed by atoms with Crippen molar-refractivity contribution in [3.05, 3.63) is 48.5 Å². The van der Waals surface area contributed by atoms with Crippen LogP contribution < -0.4 is 15.0 Å². The molecule has 2 aromatic rings. The second-order valence-electron chi connectivity index (χ2n) is 7.06. The molecule has 3 rings (SSSR count). The van der Waals surface area contributed by atoms with E-state index in [0.717, 1.165) is 25.4 Å². The van der Waals surface area contributed by atoms with Crippen LogP contribution in [0.4, 0.5) is 5.69 Å². The lowest BCUT2D eigenvalue weighted by Gasteiger charge is -2.35. The second-order valence-corrected chi connectivity index (χ2v) is 7.06. The maximum Gasteiger partial charge on any atom is 0.119 e. The Morgan fingerprint density at radius 2 is 1.77 bits per heavy atom. The number of piperidine rings is 1. The summed E-state index contributed by atoms with van der Waals surface area (Å²) < 4.78 is 10.5. The molecule has 0 aromatic heterocycles. The molecule has 26 heavy (non-hydrogen) atoms. The van der Waals surface area contributed by atoms with Crippen molar-refractivity contribution in [3.8, 4) is 16.9 Å². The van der Waals surface area contributed by atoms with Crippen molar-refractivity contribution >= 4 is 5.69 Å². The van der Waals surface area contributed by atoms with Crippen LogP contribution in [0.25, 0.3) is 11.1 Å². The van der Waals surface area contributed by atoms with Crippen LogP contribution in [0, 0.1) is 0 Å². The van der Waals surface area contributed by atoms with Crippen molar-refractivity contribution in [3.63, 3.8) is 0 Å². The van der Waals surface area contributed by atoms with Crippen molar-refractivity contribution in [2.24, 2.45) is 0 Å². The van der Waals surface area contributed by atoms with Crippen LogP contribution >= 0.6 is 0 Å². The van der Waals surface area contributed by atoms with Gasteiger partial charge < -0.3 is 19.7 Å². The fourth-order valence-electron chi connectivity index (χ4n) is 3.67. The van der Waals surface area contributed by atoms with Gasteiger partial charge in [0, 0.05) is 38.0 Å². The third-order valence-corrected chi connectivity index (χ3v) is 5.07. The highest BCUT2D eigenvalue weighted by Gasteiger charge is 2.20.